The van der Waals surface area contributed by atoms with Crippen molar-refractivity contribution in [2.75, 3.05) is 0 Å². The van der Waals surface area contributed by atoms with Crippen molar-refractivity contribution in [1.82, 2.24) is 0 Å². The van der Waals surface area contributed by atoms with Crippen LogP contribution < -0.4 is 0 Å². The number of benzene rings is 1. The van der Waals surface area contributed by atoms with E-state index in [-0.39, 0.29) is 17.0 Å². The Morgan fingerprint density at radius 3 is 2.41 bits per heavy atom. The third kappa shape index (κ3) is 3.71. The lowest BCUT2D eigenvalue weighted by Gasteiger charge is -2.11. The summed E-state index contributed by atoms with van der Waals surface area (Å²) < 4.78 is 37.7. The van der Waals surface area contributed by atoms with E-state index in [1.165, 1.54) is 6.07 Å². The van der Waals surface area contributed by atoms with Gasteiger partial charge in [-0.3, -0.25) is 4.79 Å². The number of halogens is 5. The van der Waals surface area contributed by atoms with Crippen LogP contribution in [0, 0.1) is 0 Å². The largest absolute Gasteiger partial charge is 0.416 e. The van der Waals surface area contributed by atoms with E-state index in [1.807, 2.05) is 0 Å². The maximum absolute atomic E-state index is 12.6. The van der Waals surface area contributed by atoms with Gasteiger partial charge in [-0.25, -0.2) is 0 Å². The van der Waals surface area contributed by atoms with E-state index < -0.39 is 22.4 Å². The van der Waals surface area contributed by atoms with Crippen LogP contribution in [0.4, 0.5) is 13.2 Å². The number of hydrogen-bond acceptors (Lipinski definition) is 1. The van der Waals surface area contributed by atoms with Crippen LogP contribution in [-0.4, -0.2) is 10.6 Å². The number of carbonyl (C=O) groups excluding carboxylic acids is 1. The lowest BCUT2D eigenvalue weighted by Crippen LogP contribution is -2.13. The van der Waals surface area contributed by atoms with Crippen molar-refractivity contribution < 1.29 is 18.0 Å². The monoisotopic (exact) mass is 328 g/mol. The fraction of sp³-hybridized carbons (Fsp3) is 0.364. The number of carbonyl (C=O) groups is 1. The standard InChI is InChI=1S/C11H9BrClF3O/c1-6(12)10(17)8-2-7(5-13)3-9(4-8)11(14,15)16/h2-4,6H,5H2,1H3. The molecule has 0 aliphatic carbocycles. The van der Waals surface area contributed by atoms with Crippen molar-refractivity contribution >= 4 is 33.3 Å². The van der Waals surface area contributed by atoms with Gasteiger partial charge in [0.1, 0.15) is 0 Å². The van der Waals surface area contributed by atoms with E-state index in [0.29, 0.717) is 0 Å². The minimum atomic E-state index is -4.48. The van der Waals surface area contributed by atoms with Gasteiger partial charge >= 0.3 is 6.18 Å². The molecule has 0 spiro atoms. The molecule has 1 atom stereocenters. The molecular weight excluding hydrogens is 320 g/mol. The van der Waals surface area contributed by atoms with Crippen LogP contribution in [0.5, 0.6) is 0 Å². The van der Waals surface area contributed by atoms with Gasteiger partial charge in [0.2, 0.25) is 0 Å². The van der Waals surface area contributed by atoms with Crippen molar-refractivity contribution in [1.29, 1.82) is 0 Å². The second-order valence-electron chi connectivity index (χ2n) is 3.53. The highest BCUT2D eigenvalue weighted by molar-refractivity contribution is 9.10. The summed E-state index contributed by atoms with van der Waals surface area (Å²) in [5.41, 5.74) is -0.565. The van der Waals surface area contributed by atoms with Gasteiger partial charge in [-0.15, -0.1) is 11.6 Å². The highest BCUT2D eigenvalue weighted by atomic mass is 79.9. The topological polar surface area (TPSA) is 17.1 Å². The van der Waals surface area contributed by atoms with Crippen molar-refractivity contribution in [2.45, 2.75) is 23.8 Å². The average Bonchev–Trinajstić information content (AvgIpc) is 2.26. The van der Waals surface area contributed by atoms with Crippen molar-refractivity contribution in [3.8, 4) is 0 Å². The lowest BCUT2D eigenvalue weighted by atomic mass is 10.0. The highest BCUT2D eigenvalue weighted by Gasteiger charge is 2.31. The maximum atomic E-state index is 12.6. The molecule has 0 N–H and O–H groups in total. The van der Waals surface area contributed by atoms with Gasteiger partial charge in [0.05, 0.1) is 10.4 Å². The number of rotatable bonds is 3. The van der Waals surface area contributed by atoms with Gasteiger partial charge in [-0.2, -0.15) is 13.2 Å². The Kier molecular flexibility index (Phi) is 4.61. The summed E-state index contributed by atoms with van der Waals surface area (Å²) >= 11 is 8.55. The van der Waals surface area contributed by atoms with E-state index >= 15 is 0 Å². The summed E-state index contributed by atoms with van der Waals surface area (Å²) in [6.45, 7) is 1.56. The molecule has 1 nitrogen and oxygen atoms in total. The molecule has 0 saturated heterocycles. The highest BCUT2D eigenvalue weighted by Crippen LogP contribution is 2.31. The summed E-state index contributed by atoms with van der Waals surface area (Å²) in [4.78, 5) is 11.1. The number of ketones is 1. The molecular formula is C11H9BrClF3O. The van der Waals surface area contributed by atoms with Crippen LogP contribution >= 0.6 is 27.5 Å². The Morgan fingerprint density at radius 2 is 2.00 bits per heavy atom. The second-order valence-corrected chi connectivity index (χ2v) is 5.17. The molecule has 1 aromatic rings. The molecule has 0 aliphatic heterocycles. The fourth-order valence-electron chi connectivity index (χ4n) is 1.30. The van der Waals surface area contributed by atoms with Crippen molar-refractivity contribution in [2.24, 2.45) is 0 Å². The molecule has 0 fully saturated rings. The molecule has 1 rings (SSSR count). The first-order chi connectivity index (χ1) is 7.75. The first-order valence-corrected chi connectivity index (χ1v) is 6.16. The minimum absolute atomic E-state index is 0.0137. The van der Waals surface area contributed by atoms with E-state index in [9.17, 15) is 18.0 Å². The van der Waals surface area contributed by atoms with E-state index in [4.69, 9.17) is 11.6 Å². The third-order valence-corrected chi connectivity index (χ3v) is 2.84. The van der Waals surface area contributed by atoms with Crippen LogP contribution in [0.25, 0.3) is 0 Å². The van der Waals surface area contributed by atoms with E-state index in [0.717, 1.165) is 12.1 Å². The first kappa shape index (κ1) is 14.5. The molecule has 0 heterocycles. The summed E-state index contributed by atoms with van der Waals surface area (Å²) in [5, 5.41) is 0. The summed E-state index contributed by atoms with van der Waals surface area (Å²) in [6.07, 6.45) is -4.48. The fourth-order valence-corrected chi connectivity index (χ4v) is 1.72. The van der Waals surface area contributed by atoms with Gasteiger partial charge < -0.3 is 0 Å². The van der Waals surface area contributed by atoms with Crippen LogP contribution in [-0.2, 0) is 12.1 Å². The minimum Gasteiger partial charge on any atom is -0.293 e. The summed E-state index contributed by atoms with van der Waals surface area (Å²) in [7, 11) is 0. The number of alkyl halides is 5. The average molecular weight is 330 g/mol. The number of Topliss-reactive ketones (excluding diaryl/α,β-unsaturated/α-hetero) is 1. The zero-order valence-corrected chi connectivity index (χ0v) is 11.2. The molecule has 94 valence electrons. The second kappa shape index (κ2) is 5.40. The molecule has 1 aromatic carbocycles. The van der Waals surface area contributed by atoms with Crippen LogP contribution in [0.1, 0.15) is 28.4 Å². The van der Waals surface area contributed by atoms with Gasteiger partial charge in [0.15, 0.2) is 5.78 Å². The lowest BCUT2D eigenvalue weighted by molar-refractivity contribution is -0.137. The Labute approximate surface area is 110 Å². The van der Waals surface area contributed by atoms with Gasteiger partial charge in [-0.1, -0.05) is 15.9 Å². The first-order valence-electron chi connectivity index (χ1n) is 4.71. The van der Waals surface area contributed by atoms with E-state index in [2.05, 4.69) is 15.9 Å². The third-order valence-electron chi connectivity index (χ3n) is 2.12. The summed E-state index contributed by atoms with van der Waals surface area (Å²) in [5.74, 6) is -0.469. The van der Waals surface area contributed by atoms with Crippen LogP contribution in [0.3, 0.4) is 0 Å². The molecule has 0 amide bonds. The molecule has 0 bridgehead atoms. The molecule has 0 saturated carbocycles. The molecule has 0 radical (unpaired) electrons. The molecule has 0 aliphatic rings. The smallest absolute Gasteiger partial charge is 0.293 e. The maximum Gasteiger partial charge on any atom is 0.416 e. The molecule has 6 heteroatoms. The normalized spacial score (nSPS) is 13.5. The van der Waals surface area contributed by atoms with Crippen molar-refractivity contribution in [3.05, 3.63) is 34.9 Å². The Morgan fingerprint density at radius 1 is 1.41 bits per heavy atom. The van der Waals surface area contributed by atoms with Gasteiger partial charge in [0, 0.05) is 11.4 Å². The van der Waals surface area contributed by atoms with Gasteiger partial charge in [0.25, 0.3) is 0 Å². The van der Waals surface area contributed by atoms with Crippen LogP contribution in [0.15, 0.2) is 18.2 Å². The SMILES string of the molecule is CC(Br)C(=O)c1cc(CCl)cc(C(F)(F)F)c1. The molecule has 1 unspecified atom stereocenters. The van der Waals surface area contributed by atoms with Crippen LogP contribution in [0.2, 0.25) is 0 Å². The quantitative estimate of drug-likeness (QED) is 0.593. The Balaban J connectivity index is 3.28. The number of hydrogen-bond donors (Lipinski definition) is 0. The summed E-state index contributed by atoms with van der Waals surface area (Å²) in [6, 6.07) is 3.17. The van der Waals surface area contributed by atoms with Crippen molar-refractivity contribution in [3.63, 3.8) is 0 Å². The zero-order chi connectivity index (χ0) is 13.2. The zero-order valence-electron chi connectivity index (χ0n) is 8.81. The Hall–Kier alpha value is -0.550. The molecule has 0 aromatic heterocycles. The van der Waals surface area contributed by atoms with E-state index in [1.54, 1.807) is 6.92 Å². The predicted octanol–water partition coefficient (Wildman–Crippen LogP) is 4.41. The van der Waals surface area contributed by atoms with Gasteiger partial charge in [-0.05, 0) is 30.7 Å². The molecule has 17 heavy (non-hydrogen) atoms. The predicted molar refractivity (Wildman–Crippen MR) is 63.7 cm³/mol. The Bertz CT molecular complexity index is 429.